The van der Waals surface area contributed by atoms with Crippen LogP contribution in [0.25, 0.3) is 0 Å². The molecule has 1 aromatic rings. The summed E-state index contributed by atoms with van der Waals surface area (Å²) in [5.74, 6) is 0.122. The molecule has 0 saturated carbocycles. The third-order valence-corrected chi connectivity index (χ3v) is 3.65. The SMILES string of the molecule is Cc1ccccc1C1CN(C(=O)CCN)C(C)CO1. The highest BCUT2D eigenvalue weighted by atomic mass is 16.5. The second-order valence-corrected chi connectivity index (χ2v) is 5.11. The summed E-state index contributed by atoms with van der Waals surface area (Å²) in [6.45, 7) is 5.68. The second kappa shape index (κ2) is 6.17. The minimum atomic E-state index is -0.0286. The normalized spacial score (nSPS) is 23.4. The van der Waals surface area contributed by atoms with Gasteiger partial charge in [0, 0.05) is 13.0 Å². The molecule has 2 unspecified atom stereocenters. The van der Waals surface area contributed by atoms with Crippen molar-refractivity contribution in [1.82, 2.24) is 4.90 Å². The number of hydrogen-bond acceptors (Lipinski definition) is 3. The summed E-state index contributed by atoms with van der Waals surface area (Å²) in [6, 6.07) is 8.29. The molecule has 1 heterocycles. The molecule has 104 valence electrons. The van der Waals surface area contributed by atoms with E-state index in [0.29, 0.717) is 26.1 Å². The smallest absolute Gasteiger partial charge is 0.224 e. The molecule has 4 heteroatoms. The van der Waals surface area contributed by atoms with Crippen molar-refractivity contribution in [3.8, 4) is 0 Å². The predicted molar refractivity (Wildman–Crippen MR) is 74.7 cm³/mol. The number of amides is 1. The van der Waals surface area contributed by atoms with Crippen molar-refractivity contribution in [3.05, 3.63) is 35.4 Å². The van der Waals surface area contributed by atoms with Crippen LogP contribution < -0.4 is 5.73 Å². The Morgan fingerprint density at radius 1 is 1.47 bits per heavy atom. The minimum Gasteiger partial charge on any atom is -0.370 e. The molecule has 2 rings (SSSR count). The van der Waals surface area contributed by atoms with Gasteiger partial charge in [-0.25, -0.2) is 0 Å². The molecule has 19 heavy (non-hydrogen) atoms. The number of nitrogens with two attached hydrogens (primary N) is 1. The van der Waals surface area contributed by atoms with Crippen LogP contribution in [-0.2, 0) is 9.53 Å². The maximum atomic E-state index is 12.1. The Morgan fingerprint density at radius 3 is 2.89 bits per heavy atom. The van der Waals surface area contributed by atoms with Crippen LogP contribution in [0.1, 0.15) is 30.6 Å². The Bertz CT molecular complexity index is 448. The first kappa shape index (κ1) is 14.0. The molecule has 1 fully saturated rings. The number of benzene rings is 1. The van der Waals surface area contributed by atoms with E-state index in [9.17, 15) is 4.79 Å². The van der Waals surface area contributed by atoms with E-state index in [0.717, 1.165) is 0 Å². The monoisotopic (exact) mass is 262 g/mol. The second-order valence-electron chi connectivity index (χ2n) is 5.11. The maximum absolute atomic E-state index is 12.1. The van der Waals surface area contributed by atoms with Crippen molar-refractivity contribution in [3.63, 3.8) is 0 Å². The number of aryl methyl sites for hydroxylation is 1. The molecule has 2 N–H and O–H groups in total. The fourth-order valence-corrected chi connectivity index (χ4v) is 2.51. The van der Waals surface area contributed by atoms with E-state index < -0.39 is 0 Å². The van der Waals surface area contributed by atoms with Crippen molar-refractivity contribution in [2.75, 3.05) is 19.7 Å². The lowest BCUT2D eigenvalue weighted by Gasteiger charge is -2.38. The van der Waals surface area contributed by atoms with Gasteiger partial charge in [-0.1, -0.05) is 24.3 Å². The Hall–Kier alpha value is -1.39. The molecule has 1 aliphatic heterocycles. The highest BCUT2D eigenvalue weighted by Gasteiger charge is 2.30. The highest BCUT2D eigenvalue weighted by molar-refractivity contribution is 5.76. The molecule has 1 saturated heterocycles. The zero-order valence-electron chi connectivity index (χ0n) is 11.6. The van der Waals surface area contributed by atoms with Crippen molar-refractivity contribution in [2.24, 2.45) is 5.73 Å². The fraction of sp³-hybridized carbons (Fsp3) is 0.533. The first-order valence-corrected chi connectivity index (χ1v) is 6.80. The van der Waals surface area contributed by atoms with Gasteiger partial charge in [-0.15, -0.1) is 0 Å². The topological polar surface area (TPSA) is 55.6 Å². The summed E-state index contributed by atoms with van der Waals surface area (Å²) < 4.78 is 5.89. The molecule has 0 aliphatic carbocycles. The maximum Gasteiger partial charge on any atom is 0.224 e. The van der Waals surface area contributed by atoms with Crippen molar-refractivity contribution in [1.29, 1.82) is 0 Å². The van der Waals surface area contributed by atoms with Crippen LogP contribution in [0.2, 0.25) is 0 Å². The molecule has 2 atom stereocenters. The Labute approximate surface area is 114 Å². The summed E-state index contributed by atoms with van der Waals surface area (Å²) >= 11 is 0. The molecule has 0 radical (unpaired) electrons. The number of ether oxygens (including phenoxy) is 1. The van der Waals surface area contributed by atoms with E-state index in [-0.39, 0.29) is 18.1 Å². The van der Waals surface area contributed by atoms with Gasteiger partial charge in [-0.05, 0) is 25.0 Å². The van der Waals surface area contributed by atoms with Crippen LogP contribution in [0.15, 0.2) is 24.3 Å². The Morgan fingerprint density at radius 2 is 2.21 bits per heavy atom. The molecule has 0 spiro atoms. The molecule has 1 aromatic carbocycles. The Kier molecular flexibility index (Phi) is 4.56. The standard InChI is InChI=1S/C15H22N2O2/c1-11-5-3-4-6-13(11)14-9-17(12(2)10-19-14)15(18)7-8-16/h3-6,12,14H,7-10,16H2,1-2H3. The van der Waals surface area contributed by atoms with Gasteiger partial charge in [0.25, 0.3) is 0 Å². The lowest BCUT2D eigenvalue weighted by Crippen LogP contribution is -2.48. The number of nitrogens with zero attached hydrogens (tertiary/aromatic N) is 1. The largest absolute Gasteiger partial charge is 0.370 e. The van der Waals surface area contributed by atoms with Gasteiger partial charge in [-0.2, -0.15) is 0 Å². The Balaban J connectivity index is 2.13. The van der Waals surface area contributed by atoms with Crippen LogP contribution in [0.5, 0.6) is 0 Å². The predicted octanol–water partition coefficient (Wildman–Crippen LogP) is 1.63. The lowest BCUT2D eigenvalue weighted by molar-refractivity contribution is -0.144. The van der Waals surface area contributed by atoms with Gasteiger partial charge in [0.05, 0.1) is 19.2 Å². The lowest BCUT2D eigenvalue weighted by atomic mass is 10.0. The van der Waals surface area contributed by atoms with E-state index in [2.05, 4.69) is 19.1 Å². The fourth-order valence-electron chi connectivity index (χ4n) is 2.51. The first-order valence-electron chi connectivity index (χ1n) is 6.80. The zero-order chi connectivity index (χ0) is 13.8. The van der Waals surface area contributed by atoms with Gasteiger partial charge in [0.15, 0.2) is 0 Å². The molecule has 1 aliphatic rings. The minimum absolute atomic E-state index is 0.0286. The summed E-state index contributed by atoms with van der Waals surface area (Å²) in [5.41, 5.74) is 7.84. The third-order valence-electron chi connectivity index (χ3n) is 3.65. The van der Waals surface area contributed by atoms with Crippen molar-refractivity contribution >= 4 is 5.91 Å². The molecular formula is C15H22N2O2. The number of carbonyl (C=O) groups excluding carboxylic acids is 1. The first-order chi connectivity index (χ1) is 9.13. The van der Waals surface area contributed by atoms with Gasteiger partial charge >= 0.3 is 0 Å². The van der Waals surface area contributed by atoms with E-state index in [1.165, 1.54) is 11.1 Å². The van der Waals surface area contributed by atoms with E-state index in [1.807, 2.05) is 24.0 Å². The third kappa shape index (κ3) is 3.14. The number of morpholine rings is 1. The van der Waals surface area contributed by atoms with Crippen LogP contribution in [0.4, 0.5) is 0 Å². The van der Waals surface area contributed by atoms with Gasteiger partial charge in [-0.3, -0.25) is 4.79 Å². The van der Waals surface area contributed by atoms with Gasteiger partial charge in [0.1, 0.15) is 6.10 Å². The van der Waals surface area contributed by atoms with Crippen molar-refractivity contribution in [2.45, 2.75) is 32.4 Å². The quantitative estimate of drug-likeness (QED) is 0.901. The molecule has 1 amide bonds. The van der Waals surface area contributed by atoms with Crippen molar-refractivity contribution < 1.29 is 9.53 Å². The average Bonchev–Trinajstić information content (AvgIpc) is 2.40. The van der Waals surface area contributed by atoms with Crippen LogP contribution in [-0.4, -0.2) is 36.5 Å². The van der Waals surface area contributed by atoms with Crippen LogP contribution in [0.3, 0.4) is 0 Å². The highest BCUT2D eigenvalue weighted by Crippen LogP contribution is 2.27. The van der Waals surface area contributed by atoms with Gasteiger partial charge in [0.2, 0.25) is 5.91 Å². The zero-order valence-corrected chi connectivity index (χ0v) is 11.6. The molecule has 4 nitrogen and oxygen atoms in total. The summed E-state index contributed by atoms with van der Waals surface area (Å²) in [6.07, 6.45) is 0.379. The summed E-state index contributed by atoms with van der Waals surface area (Å²) in [5, 5.41) is 0. The van der Waals surface area contributed by atoms with E-state index >= 15 is 0 Å². The number of carbonyl (C=O) groups is 1. The summed E-state index contributed by atoms with van der Waals surface area (Å²) in [7, 11) is 0. The van der Waals surface area contributed by atoms with E-state index in [4.69, 9.17) is 10.5 Å². The summed E-state index contributed by atoms with van der Waals surface area (Å²) in [4.78, 5) is 14.0. The van der Waals surface area contributed by atoms with Crippen LogP contribution in [0, 0.1) is 6.92 Å². The van der Waals surface area contributed by atoms with Gasteiger partial charge < -0.3 is 15.4 Å². The number of rotatable bonds is 3. The van der Waals surface area contributed by atoms with E-state index in [1.54, 1.807) is 0 Å². The number of hydrogen-bond donors (Lipinski definition) is 1. The molecule has 0 aromatic heterocycles. The van der Waals surface area contributed by atoms with Crippen LogP contribution >= 0.6 is 0 Å². The molecular weight excluding hydrogens is 240 g/mol. The average molecular weight is 262 g/mol. The molecule has 0 bridgehead atoms.